The van der Waals surface area contributed by atoms with Crippen LogP contribution in [0.5, 0.6) is 0 Å². The van der Waals surface area contributed by atoms with Crippen LogP contribution >= 0.6 is 0 Å². The first kappa shape index (κ1) is 10.7. The molecule has 0 spiro atoms. The van der Waals surface area contributed by atoms with Gasteiger partial charge >= 0.3 is 0 Å². The van der Waals surface area contributed by atoms with Crippen LogP contribution < -0.4 is 5.32 Å². The molecule has 0 aliphatic rings. The Morgan fingerprint density at radius 3 is 2.79 bits per heavy atom. The minimum atomic E-state index is -0.330. The average molecular weight is 190 g/mol. The van der Waals surface area contributed by atoms with Crippen LogP contribution in [0.25, 0.3) is 0 Å². The van der Waals surface area contributed by atoms with E-state index in [0.29, 0.717) is 6.54 Å². The van der Waals surface area contributed by atoms with Crippen LogP contribution in [0.4, 0.5) is 0 Å². The summed E-state index contributed by atoms with van der Waals surface area (Å²) in [4.78, 5) is 0. The molecule has 0 bridgehead atoms. The van der Waals surface area contributed by atoms with Crippen LogP contribution in [-0.2, 0) is 0 Å². The molecule has 1 unspecified atom stereocenters. The van der Waals surface area contributed by atoms with Gasteiger partial charge in [-0.25, -0.2) is 0 Å². The molecule has 0 saturated heterocycles. The van der Waals surface area contributed by atoms with Crippen molar-refractivity contribution in [3.63, 3.8) is 0 Å². The lowest BCUT2D eigenvalue weighted by molar-refractivity contribution is 0.289. The first-order valence-corrected chi connectivity index (χ1v) is 4.59. The van der Waals surface area contributed by atoms with Gasteiger partial charge in [-0.3, -0.25) is 5.32 Å². The molecule has 0 saturated carbocycles. The van der Waals surface area contributed by atoms with Crippen molar-refractivity contribution in [1.29, 1.82) is 5.26 Å². The highest BCUT2D eigenvalue weighted by Gasteiger charge is 2.10. The van der Waals surface area contributed by atoms with E-state index in [1.807, 2.05) is 31.2 Å². The van der Waals surface area contributed by atoms with Gasteiger partial charge in [-0.15, -0.1) is 0 Å². The van der Waals surface area contributed by atoms with Crippen LogP contribution in [0.3, 0.4) is 0 Å². The van der Waals surface area contributed by atoms with E-state index in [1.165, 1.54) is 0 Å². The fraction of sp³-hybridized carbons (Fsp3) is 0.364. The zero-order valence-corrected chi connectivity index (χ0v) is 8.20. The first-order chi connectivity index (χ1) is 6.79. The van der Waals surface area contributed by atoms with E-state index in [1.54, 1.807) is 0 Å². The normalized spacial score (nSPS) is 12.1. The van der Waals surface area contributed by atoms with E-state index < -0.39 is 0 Å². The summed E-state index contributed by atoms with van der Waals surface area (Å²) in [6.07, 6.45) is 0. The van der Waals surface area contributed by atoms with Crippen LogP contribution in [0.1, 0.15) is 17.2 Å². The number of nitrogens with one attached hydrogen (secondary N) is 1. The van der Waals surface area contributed by atoms with E-state index in [9.17, 15) is 0 Å². The van der Waals surface area contributed by atoms with Gasteiger partial charge in [-0.2, -0.15) is 5.26 Å². The maximum atomic E-state index is 8.94. The molecule has 0 aliphatic heterocycles. The molecule has 0 aromatic heterocycles. The van der Waals surface area contributed by atoms with Crippen LogP contribution in [-0.4, -0.2) is 18.3 Å². The summed E-state index contributed by atoms with van der Waals surface area (Å²) in [5.41, 5.74) is 2.06. The van der Waals surface area contributed by atoms with Gasteiger partial charge < -0.3 is 5.11 Å². The van der Waals surface area contributed by atoms with E-state index in [0.717, 1.165) is 11.1 Å². The second-order valence-electron chi connectivity index (χ2n) is 3.10. The highest BCUT2D eigenvalue weighted by Crippen LogP contribution is 2.15. The highest BCUT2D eigenvalue weighted by atomic mass is 16.3. The van der Waals surface area contributed by atoms with Gasteiger partial charge in [0.15, 0.2) is 0 Å². The molecule has 1 aromatic carbocycles. The largest absolute Gasteiger partial charge is 0.395 e. The van der Waals surface area contributed by atoms with Crippen molar-refractivity contribution in [2.24, 2.45) is 0 Å². The Hall–Kier alpha value is -1.37. The molecule has 0 aliphatic carbocycles. The first-order valence-electron chi connectivity index (χ1n) is 4.59. The fourth-order valence-electron chi connectivity index (χ4n) is 1.34. The van der Waals surface area contributed by atoms with Crippen molar-refractivity contribution in [1.82, 2.24) is 5.32 Å². The number of aliphatic hydroxyl groups excluding tert-OH is 1. The Morgan fingerprint density at radius 1 is 1.50 bits per heavy atom. The standard InChI is InChI=1S/C11H14N2O/c1-9-4-2-3-5-10(9)11(8-12)13-6-7-14/h2-5,11,13-14H,6-7H2,1H3. The summed E-state index contributed by atoms with van der Waals surface area (Å²) in [6.45, 7) is 2.46. The molecule has 14 heavy (non-hydrogen) atoms. The number of hydrogen-bond acceptors (Lipinski definition) is 3. The number of hydrogen-bond donors (Lipinski definition) is 2. The second kappa shape index (κ2) is 5.38. The maximum Gasteiger partial charge on any atom is 0.121 e. The zero-order valence-electron chi connectivity index (χ0n) is 8.20. The van der Waals surface area contributed by atoms with Gasteiger partial charge in [0.25, 0.3) is 0 Å². The van der Waals surface area contributed by atoms with E-state index in [-0.39, 0.29) is 12.6 Å². The molecule has 2 N–H and O–H groups in total. The van der Waals surface area contributed by atoms with Gasteiger partial charge in [0.2, 0.25) is 0 Å². The van der Waals surface area contributed by atoms with E-state index >= 15 is 0 Å². The lowest BCUT2D eigenvalue weighted by atomic mass is 10.0. The van der Waals surface area contributed by atoms with Crippen molar-refractivity contribution in [3.05, 3.63) is 35.4 Å². The topological polar surface area (TPSA) is 56.0 Å². The van der Waals surface area contributed by atoms with Gasteiger partial charge in [-0.05, 0) is 18.1 Å². The highest BCUT2D eigenvalue weighted by molar-refractivity contribution is 5.32. The number of aliphatic hydroxyl groups is 1. The molecule has 3 heteroatoms. The Balaban J connectivity index is 2.80. The molecule has 1 rings (SSSR count). The summed E-state index contributed by atoms with van der Waals surface area (Å²) < 4.78 is 0. The van der Waals surface area contributed by atoms with Crippen LogP contribution in [0.15, 0.2) is 24.3 Å². The van der Waals surface area contributed by atoms with Crippen LogP contribution in [0.2, 0.25) is 0 Å². The predicted octanol–water partition coefficient (Wildman–Crippen LogP) is 1.14. The fourth-order valence-corrected chi connectivity index (χ4v) is 1.34. The molecule has 0 amide bonds. The Morgan fingerprint density at radius 2 is 2.21 bits per heavy atom. The average Bonchev–Trinajstić information content (AvgIpc) is 2.21. The number of benzene rings is 1. The number of rotatable bonds is 4. The van der Waals surface area contributed by atoms with Gasteiger partial charge in [0, 0.05) is 6.54 Å². The van der Waals surface area contributed by atoms with Crippen molar-refractivity contribution in [2.45, 2.75) is 13.0 Å². The minimum Gasteiger partial charge on any atom is -0.395 e. The Labute approximate surface area is 84.0 Å². The lowest BCUT2D eigenvalue weighted by Gasteiger charge is -2.12. The SMILES string of the molecule is Cc1ccccc1C(C#N)NCCO. The van der Waals surface area contributed by atoms with Crippen molar-refractivity contribution in [3.8, 4) is 6.07 Å². The smallest absolute Gasteiger partial charge is 0.121 e. The second-order valence-corrected chi connectivity index (χ2v) is 3.10. The van der Waals surface area contributed by atoms with Crippen molar-refractivity contribution < 1.29 is 5.11 Å². The number of nitriles is 1. The molecule has 0 radical (unpaired) electrons. The minimum absolute atomic E-state index is 0.0457. The molecule has 3 nitrogen and oxygen atoms in total. The van der Waals surface area contributed by atoms with Crippen molar-refractivity contribution in [2.75, 3.05) is 13.2 Å². The maximum absolute atomic E-state index is 8.94. The summed E-state index contributed by atoms with van der Waals surface area (Å²) in [5, 5.41) is 20.6. The van der Waals surface area contributed by atoms with Gasteiger partial charge in [-0.1, -0.05) is 24.3 Å². The summed E-state index contributed by atoms with van der Waals surface area (Å²) in [5.74, 6) is 0. The number of aryl methyl sites for hydroxylation is 1. The third-order valence-electron chi connectivity index (χ3n) is 2.09. The van der Waals surface area contributed by atoms with E-state index in [2.05, 4.69) is 11.4 Å². The molecular formula is C11H14N2O. The van der Waals surface area contributed by atoms with Crippen molar-refractivity contribution >= 4 is 0 Å². The lowest BCUT2D eigenvalue weighted by Crippen LogP contribution is -2.23. The molecule has 0 heterocycles. The Kier molecular flexibility index (Phi) is 4.11. The monoisotopic (exact) mass is 190 g/mol. The number of nitrogens with zero attached hydrogens (tertiary/aromatic N) is 1. The molecule has 0 fully saturated rings. The van der Waals surface area contributed by atoms with Crippen LogP contribution in [0, 0.1) is 18.3 Å². The predicted molar refractivity (Wildman–Crippen MR) is 54.6 cm³/mol. The molecule has 74 valence electrons. The van der Waals surface area contributed by atoms with Gasteiger partial charge in [0.1, 0.15) is 6.04 Å². The van der Waals surface area contributed by atoms with E-state index in [4.69, 9.17) is 10.4 Å². The van der Waals surface area contributed by atoms with Gasteiger partial charge in [0.05, 0.1) is 12.7 Å². The third-order valence-corrected chi connectivity index (χ3v) is 2.09. The summed E-state index contributed by atoms with van der Waals surface area (Å²) >= 11 is 0. The molecular weight excluding hydrogens is 176 g/mol. The zero-order chi connectivity index (χ0) is 10.4. The third kappa shape index (κ3) is 2.56. The Bertz CT molecular complexity index is 330. The summed E-state index contributed by atoms with van der Waals surface area (Å²) in [6, 6.07) is 9.59. The molecule has 1 aromatic rings. The molecule has 1 atom stereocenters. The summed E-state index contributed by atoms with van der Waals surface area (Å²) in [7, 11) is 0. The quantitative estimate of drug-likeness (QED) is 0.748.